The van der Waals surface area contributed by atoms with E-state index in [1.54, 1.807) is 12.1 Å². The van der Waals surface area contributed by atoms with Crippen molar-refractivity contribution in [1.29, 1.82) is 0 Å². The fourth-order valence-electron chi connectivity index (χ4n) is 1.62. The third-order valence-corrected chi connectivity index (χ3v) is 3.30. The summed E-state index contributed by atoms with van der Waals surface area (Å²) in [7, 11) is 0. The molecule has 0 bridgehead atoms. The molecular weight excluding hydrogens is 285 g/mol. The molecule has 0 aliphatic carbocycles. The molecule has 0 aliphatic heterocycles. The van der Waals surface area contributed by atoms with Crippen molar-refractivity contribution in [3.8, 4) is 5.75 Å². The lowest BCUT2D eigenvalue weighted by Crippen LogP contribution is -2.25. The van der Waals surface area contributed by atoms with Gasteiger partial charge in [0.1, 0.15) is 0 Å². The molecule has 0 aromatic heterocycles. The predicted molar refractivity (Wildman–Crippen MR) is 72.0 cm³/mol. The van der Waals surface area contributed by atoms with Crippen LogP contribution in [0.2, 0.25) is 0 Å². The van der Waals surface area contributed by atoms with Crippen LogP contribution in [-0.4, -0.2) is 31.1 Å². The van der Waals surface area contributed by atoms with E-state index in [4.69, 9.17) is 4.74 Å². The van der Waals surface area contributed by atoms with E-state index in [-0.39, 0.29) is 5.82 Å². The van der Waals surface area contributed by atoms with Gasteiger partial charge >= 0.3 is 0 Å². The van der Waals surface area contributed by atoms with Gasteiger partial charge < -0.3 is 9.64 Å². The summed E-state index contributed by atoms with van der Waals surface area (Å²) in [5.41, 5.74) is 0. The molecule has 2 nitrogen and oxygen atoms in total. The molecule has 0 N–H and O–H groups in total. The Kier molecular flexibility index (Phi) is 6.52. The molecule has 0 aliphatic rings. The lowest BCUT2D eigenvalue weighted by Gasteiger charge is -2.18. The summed E-state index contributed by atoms with van der Waals surface area (Å²) in [4.78, 5) is 2.32. The highest BCUT2D eigenvalue weighted by Crippen LogP contribution is 2.27. The van der Waals surface area contributed by atoms with Gasteiger partial charge in [0.15, 0.2) is 11.6 Å². The number of halogens is 2. The van der Waals surface area contributed by atoms with Gasteiger partial charge in [-0.1, -0.05) is 19.9 Å². The van der Waals surface area contributed by atoms with Crippen molar-refractivity contribution in [3.63, 3.8) is 0 Å². The van der Waals surface area contributed by atoms with Crippen molar-refractivity contribution in [3.05, 3.63) is 28.5 Å². The van der Waals surface area contributed by atoms with Crippen LogP contribution in [0.25, 0.3) is 0 Å². The van der Waals surface area contributed by atoms with E-state index in [0.29, 0.717) is 16.8 Å². The normalized spacial score (nSPS) is 10.9. The van der Waals surface area contributed by atoms with Crippen LogP contribution in [0.4, 0.5) is 4.39 Å². The minimum atomic E-state index is -0.317. The van der Waals surface area contributed by atoms with Gasteiger partial charge in [-0.15, -0.1) is 0 Å². The first kappa shape index (κ1) is 14.5. The van der Waals surface area contributed by atoms with E-state index in [1.807, 2.05) is 0 Å². The summed E-state index contributed by atoms with van der Waals surface area (Å²) in [6, 6.07) is 4.84. The average Bonchev–Trinajstić information content (AvgIpc) is 2.32. The fraction of sp³-hybridized carbons (Fsp3) is 0.538. The van der Waals surface area contributed by atoms with Gasteiger partial charge in [0.2, 0.25) is 0 Å². The zero-order chi connectivity index (χ0) is 12.7. The molecule has 0 unspecified atom stereocenters. The highest BCUT2D eigenvalue weighted by molar-refractivity contribution is 9.10. The number of ether oxygens (including phenoxy) is 1. The summed E-state index contributed by atoms with van der Waals surface area (Å²) < 4.78 is 19.5. The summed E-state index contributed by atoms with van der Waals surface area (Å²) in [5, 5.41) is 0. The molecule has 0 fully saturated rings. The molecule has 96 valence electrons. The molecular formula is C13H19BrFNO. The maximum atomic E-state index is 13.4. The van der Waals surface area contributed by atoms with Crippen molar-refractivity contribution in [2.45, 2.75) is 20.3 Å². The Morgan fingerprint density at radius 2 is 2.00 bits per heavy atom. The Labute approximate surface area is 111 Å². The zero-order valence-electron chi connectivity index (χ0n) is 10.4. The third kappa shape index (κ3) is 4.64. The Hall–Kier alpha value is -0.610. The molecule has 0 spiro atoms. The zero-order valence-corrected chi connectivity index (χ0v) is 12.0. The number of hydrogen-bond donors (Lipinski definition) is 0. The second kappa shape index (κ2) is 7.67. The molecule has 0 amide bonds. The van der Waals surface area contributed by atoms with Gasteiger partial charge in [-0.3, -0.25) is 0 Å². The number of nitrogens with zero attached hydrogens (tertiary/aromatic N) is 1. The van der Waals surface area contributed by atoms with Crippen LogP contribution in [0, 0.1) is 5.82 Å². The lowest BCUT2D eigenvalue weighted by molar-refractivity contribution is 0.242. The smallest absolute Gasteiger partial charge is 0.169 e. The predicted octanol–water partition coefficient (Wildman–Crippen LogP) is 3.70. The van der Waals surface area contributed by atoms with Crippen LogP contribution in [0.1, 0.15) is 20.3 Å². The van der Waals surface area contributed by atoms with Crippen molar-refractivity contribution in [2.24, 2.45) is 0 Å². The van der Waals surface area contributed by atoms with Crippen molar-refractivity contribution in [1.82, 2.24) is 4.90 Å². The molecule has 17 heavy (non-hydrogen) atoms. The summed E-state index contributed by atoms with van der Waals surface area (Å²) >= 11 is 3.28. The van der Waals surface area contributed by atoms with Gasteiger partial charge in [-0.05, 0) is 47.6 Å². The van der Waals surface area contributed by atoms with Gasteiger partial charge in [0.25, 0.3) is 0 Å². The van der Waals surface area contributed by atoms with Crippen LogP contribution in [-0.2, 0) is 0 Å². The second-order valence-corrected chi connectivity index (χ2v) is 4.63. The van der Waals surface area contributed by atoms with E-state index >= 15 is 0 Å². The topological polar surface area (TPSA) is 12.5 Å². The van der Waals surface area contributed by atoms with Gasteiger partial charge in [0, 0.05) is 6.54 Å². The molecule has 1 aromatic rings. The van der Waals surface area contributed by atoms with Crippen molar-refractivity contribution >= 4 is 15.9 Å². The number of benzene rings is 1. The molecule has 0 heterocycles. The van der Waals surface area contributed by atoms with Crippen LogP contribution in [0.5, 0.6) is 5.75 Å². The molecule has 0 saturated heterocycles. The fourth-order valence-corrected chi connectivity index (χ4v) is 2.08. The first-order valence-corrected chi connectivity index (χ1v) is 6.77. The van der Waals surface area contributed by atoms with E-state index in [9.17, 15) is 4.39 Å². The first-order chi connectivity index (χ1) is 8.19. The SMILES string of the molecule is CCN(CC)CCCOc1c(F)cccc1Br. The summed E-state index contributed by atoms with van der Waals surface area (Å²) in [6.07, 6.45) is 0.905. The average molecular weight is 304 g/mol. The van der Waals surface area contributed by atoms with E-state index in [2.05, 4.69) is 34.7 Å². The van der Waals surface area contributed by atoms with E-state index in [1.165, 1.54) is 6.07 Å². The third-order valence-electron chi connectivity index (χ3n) is 2.68. The number of para-hydroxylation sites is 1. The lowest BCUT2D eigenvalue weighted by atomic mass is 10.3. The minimum Gasteiger partial charge on any atom is -0.489 e. The second-order valence-electron chi connectivity index (χ2n) is 3.78. The minimum absolute atomic E-state index is 0.312. The summed E-state index contributed by atoms with van der Waals surface area (Å²) in [6.45, 7) is 7.88. The maximum absolute atomic E-state index is 13.4. The number of rotatable bonds is 7. The van der Waals surface area contributed by atoms with E-state index in [0.717, 1.165) is 26.1 Å². The maximum Gasteiger partial charge on any atom is 0.169 e. The molecule has 4 heteroatoms. The van der Waals surface area contributed by atoms with Crippen LogP contribution in [0.15, 0.2) is 22.7 Å². The molecule has 0 radical (unpaired) electrons. The van der Waals surface area contributed by atoms with Crippen LogP contribution < -0.4 is 4.74 Å². The number of hydrogen-bond acceptors (Lipinski definition) is 2. The van der Waals surface area contributed by atoms with Crippen LogP contribution >= 0.6 is 15.9 Å². The Morgan fingerprint density at radius 3 is 2.59 bits per heavy atom. The van der Waals surface area contributed by atoms with Crippen molar-refractivity contribution in [2.75, 3.05) is 26.2 Å². The highest BCUT2D eigenvalue weighted by Gasteiger charge is 2.07. The van der Waals surface area contributed by atoms with E-state index < -0.39 is 0 Å². The molecule has 1 aromatic carbocycles. The standard InChI is InChI=1S/C13H19BrFNO/c1-3-16(4-2)9-6-10-17-13-11(14)7-5-8-12(13)15/h5,7-8H,3-4,6,9-10H2,1-2H3. The summed E-state index contributed by atoms with van der Waals surface area (Å²) in [5.74, 6) is -0.00531. The first-order valence-electron chi connectivity index (χ1n) is 5.98. The Balaban J connectivity index is 2.36. The molecule has 0 atom stereocenters. The Morgan fingerprint density at radius 1 is 1.29 bits per heavy atom. The largest absolute Gasteiger partial charge is 0.489 e. The monoisotopic (exact) mass is 303 g/mol. The molecule has 1 rings (SSSR count). The molecule has 0 saturated carbocycles. The van der Waals surface area contributed by atoms with Gasteiger partial charge in [-0.25, -0.2) is 4.39 Å². The quantitative estimate of drug-likeness (QED) is 0.712. The van der Waals surface area contributed by atoms with Gasteiger partial charge in [-0.2, -0.15) is 0 Å². The Bertz CT molecular complexity index is 322. The van der Waals surface area contributed by atoms with Crippen LogP contribution in [0.3, 0.4) is 0 Å². The highest BCUT2D eigenvalue weighted by atomic mass is 79.9. The van der Waals surface area contributed by atoms with Gasteiger partial charge in [0.05, 0.1) is 11.1 Å². The van der Waals surface area contributed by atoms with Crippen molar-refractivity contribution < 1.29 is 9.13 Å².